The van der Waals surface area contributed by atoms with Gasteiger partial charge in [-0.2, -0.15) is 4.31 Å². The van der Waals surface area contributed by atoms with Gasteiger partial charge >= 0.3 is 0 Å². The van der Waals surface area contributed by atoms with E-state index in [4.69, 9.17) is 0 Å². The Balaban J connectivity index is 1.97. The van der Waals surface area contributed by atoms with Crippen molar-refractivity contribution in [2.45, 2.75) is 42.9 Å². The van der Waals surface area contributed by atoms with Crippen molar-refractivity contribution < 1.29 is 21.8 Å². The van der Waals surface area contributed by atoms with Crippen molar-refractivity contribution in [3.63, 3.8) is 0 Å². The van der Waals surface area contributed by atoms with Crippen LogP contribution < -0.4 is 4.72 Å². The van der Waals surface area contributed by atoms with Gasteiger partial charge in [0.1, 0.15) is 0 Å². The number of nitro groups is 1. The van der Waals surface area contributed by atoms with Gasteiger partial charge in [-0.1, -0.05) is 18.6 Å². The SMILES string of the molecule is Cc1ccc([N+](=O)[O-])cc1S(=O)(=O)Nc1ccc(C)c(S(=O)(=O)N2CCCCC2)c1. The van der Waals surface area contributed by atoms with Crippen LogP contribution in [0.15, 0.2) is 46.2 Å². The van der Waals surface area contributed by atoms with E-state index in [-0.39, 0.29) is 21.2 Å². The molecule has 0 atom stereocenters. The molecule has 0 amide bonds. The summed E-state index contributed by atoms with van der Waals surface area (Å²) in [5, 5.41) is 11.0. The molecule has 0 aliphatic carbocycles. The lowest BCUT2D eigenvalue weighted by Gasteiger charge is -2.26. The number of nitrogens with zero attached hydrogens (tertiary/aromatic N) is 2. The number of non-ortho nitro benzene ring substituents is 1. The Morgan fingerprint density at radius 1 is 0.900 bits per heavy atom. The second-order valence-electron chi connectivity index (χ2n) is 7.26. The monoisotopic (exact) mass is 453 g/mol. The summed E-state index contributed by atoms with van der Waals surface area (Å²) in [4.78, 5) is 10.1. The fourth-order valence-electron chi connectivity index (χ4n) is 3.39. The van der Waals surface area contributed by atoms with Gasteiger partial charge in [-0.05, 0) is 49.9 Å². The van der Waals surface area contributed by atoms with Crippen molar-refractivity contribution >= 4 is 31.4 Å². The van der Waals surface area contributed by atoms with Gasteiger partial charge in [-0.25, -0.2) is 16.8 Å². The van der Waals surface area contributed by atoms with E-state index in [1.54, 1.807) is 6.92 Å². The van der Waals surface area contributed by atoms with Crippen molar-refractivity contribution in [2.24, 2.45) is 0 Å². The molecule has 1 aliphatic heterocycles. The Morgan fingerprint density at radius 2 is 1.50 bits per heavy atom. The van der Waals surface area contributed by atoms with Gasteiger partial charge in [0.2, 0.25) is 10.0 Å². The molecule has 0 saturated carbocycles. The summed E-state index contributed by atoms with van der Waals surface area (Å²) in [5.74, 6) is 0. The minimum absolute atomic E-state index is 0.0420. The first-order valence-electron chi connectivity index (χ1n) is 9.41. The molecule has 1 heterocycles. The zero-order valence-electron chi connectivity index (χ0n) is 16.7. The average Bonchev–Trinajstić information content (AvgIpc) is 2.69. The number of nitrogens with one attached hydrogen (secondary N) is 1. The zero-order valence-corrected chi connectivity index (χ0v) is 18.3. The predicted octanol–water partition coefficient (Wildman–Crippen LogP) is 3.19. The molecule has 0 spiro atoms. The summed E-state index contributed by atoms with van der Waals surface area (Å²) in [5.41, 5.74) is 0.566. The Kier molecular flexibility index (Phi) is 6.16. The molecular formula is C19H23N3O6S2. The molecule has 1 aliphatic rings. The van der Waals surface area contributed by atoms with Gasteiger partial charge in [0, 0.05) is 25.2 Å². The Morgan fingerprint density at radius 3 is 2.13 bits per heavy atom. The summed E-state index contributed by atoms with van der Waals surface area (Å²) in [7, 11) is -7.92. The molecule has 0 unspecified atom stereocenters. The number of aryl methyl sites for hydroxylation is 2. The second kappa shape index (κ2) is 8.32. The van der Waals surface area contributed by atoms with Crippen molar-refractivity contribution in [3.05, 3.63) is 57.6 Å². The van der Waals surface area contributed by atoms with Crippen molar-refractivity contribution in [1.29, 1.82) is 0 Å². The highest BCUT2D eigenvalue weighted by Crippen LogP contribution is 2.28. The predicted molar refractivity (Wildman–Crippen MR) is 112 cm³/mol. The van der Waals surface area contributed by atoms with Crippen LogP contribution in [0.5, 0.6) is 0 Å². The first-order valence-corrected chi connectivity index (χ1v) is 12.3. The molecule has 0 aromatic heterocycles. The van der Waals surface area contributed by atoms with E-state index in [1.807, 2.05) is 0 Å². The Labute approximate surface area is 176 Å². The van der Waals surface area contributed by atoms with E-state index in [1.165, 1.54) is 41.6 Å². The number of hydrogen-bond acceptors (Lipinski definition) is 6. The molecule has 11 heteroatoms. The van der Waals surface area contributed by atoms with Gasteiger partial charge in [-0.15, -0.1) is 0 Å². The van der Waals surface area contributed by atoms with Gasteiger partial charge < -0.3 is 0 Å². The molecule has 1 N–H and O–H groups in total. The van der Waals surface area contributed by atoms with Crippen LogP contribution in [-0.4, -0.2) is 39.2 Å². The molecule has 2 aromatic carbocycles. The maximum atomic E-state index is 13.0. The minimum atomic E-state index is -4.16. The molecule has 0 radical (unpaired) electrons. The third kappa shape index (κ3) is 4.47. The number of anilines is 1. The highest BCUT2D eigenvalue weighted by Gasteiger charge is 2.28. The molecule has 0 bridgehead atoms. The third-order valence-corrected chi connectivity index (χ3v) is 8.61. The van der Waals surface area contributed by atoms with E-state index in [0.717, 1.165) is 25.3 Å². The maximum absolute atomic E-state index is 13.0. The molecular weight excluding hydrogens is 430 g/mol. The van der Waals surface area contributed by atoms with Crippen LogP contribution in [-0.2, 0) is 20.0 Å². The first-order chi connectivity index (χ1) is 14.0. The largest absolute Gasteiger partial charge is 0.280 e. The number of piperidine rings is 1. The van der Waals surface area contributed by atoms with Crippen LogP contribution in [0, 0.1) is 24.0 Å². The molecule has 1 fully saturated rings. The molecule has 9 nitrogen and oxygen atoms in total. The number of benzene rings is 2. The highest BCUT2D eigenvalue weighted by atomic mass is 32.2. The maximum Gasteiger partial charge on any atom is 0.270 e. The van der Waals surface area contributed by atoms with Gasteiger partial charge in [0.05, 0.1) is 20.4 Å². The van der Waals surface area contributed by atoms with E-state index in [0.29, 0.717) is 24.2 Å². The zero-order chi connectivity index (χ0) is 22.1. The van der Waals surface area contributed by atoms with Gasteiger partial charge in [0.25, 0.3) is 15.7 Å². The van der Waals surface area contributed by atoms with Crippen LogP contribution in [0.1, 0.15) is 30.4 Å². The summed E-state index contributed by atoms with van der Waals surface area (Å²) in [6, 6.07) is 7.86. The lowest BCUT2D eigenvalue weighted by molar-refractivity contribution is -0.385. The summed E-state index contributed by atoms with van der Waals surface area (Å²) < 4.78 is 55.6. The van der Waals surface area contributed by atoms with E-state index >= 15 is 0 Å². The standard InChI is InChI=1S/C19H23N3O6S2/c1-14-7-9-17(22(23)24)13-18(14)29(25,26)20-16-8-6-15(2)19(12-16)30(27,28)21-10-4-3-5-11-21/h6-9,12-13,20H,3-5,10-11H2,1-2H3. The normalized spacial score (nSPS) is 15.7. The summed E-state index contributed by atoms with van der Waals surface area (Å²) in [6.45, 7) is 4.05. The first kappa shape index (κ1) is 22.2. The van der Waals surface area contributed by atoms with Crippen molar-refractivity contribution in [3.8, 4) is 0 Å². The quantitative estimate of drug-likeness (QED) is 0.529. The number of sulfonamides is 2. The van der Waals surface area contributed by atoms with E-state index < -0.39 is 25.0 Å². The number of rotatable bonds is 6. The van der Waals surface area contributed by atoms with Crippen molar-refractivity contribution in [2.75, 3.05) is 17.8 Å². The third-order valence-electron chi connectivity index (χ3n) is 5.05. The molecule has 162 valence electrons. The average molecular weight is 454 g/mol. The Hall–Kier alpha value is -2.50. The number of hydrogen-bond donors (Lipinski definition) is 1. The lowest BCUT2D eigenvalue weighted by Crippen LogP contribution is -2.36. The molecule has 3 rings (SSSR count). The van der Waals surface area contributed by atoms with Crippen LogP contribution in [0.2, 0.25) is 0 Å². The van der Waals surface area contributed by atoms with Crippen LogP contribution >= 0.6 is 0 Å². The van der Waals surface area contributed by atoms with Crippen LogP contribution in [0.4, 0.5) is 11.4 Å². The molecule has 2 aromatic rings. The van der Waals surface area contributed by atoms with Crippen LogP contribution in [0.3, 0.4) is 0 Å². The lowest BCUT2D eigenvalue weighted by atomic mass is 10.2. The van der Waals surface area contributed by atoms with Gasteiger partial charge in [-0.3, -0.25) is 14.8 Å². The fraction of sp³-hybridized carbons (Fsp3) is 0.368. The topological polar surface area (TPSA) is 127 Å². The second-order valence-corrected chi connectivity index (χ2v) is 10.8. The van der Waals surface area contributed by atoms with Gasteiger partial charge in [0.15, 0.2) is 0 Å². The van der Waals surface area contributed by atoms with E-state index in [2.05, 4.69) is 4.72 Å². The Bertz CT molecular complexity index is 1190. The molecule has 30 heavy (non-hydrogen) atoms. The highest BCUT2D eigenvalue weighted by molar-refractivity contribution is 7.92. The van der Waals surface area contributed by atoms with E-state index in [9.17, 15) is 26.9 Å². The minimum Gasteiger partial charge on any atom is -0.280 e. The summed E-state index contributed by atoms with van der Waals surface area (Å²) >= 11 is 0. The number of nitro benzene ring substituents is 1. The molecule has 1 saturated heterocycles. The van der Waals surface area contributed by atoms with Crippen LogP contribution in [0.25, 0.3) is 0 Å². The summed E-state index contributed by atoms with van der Waals surface area (Å²) in [6.07, 6.45) is 2.56. The van der Waals surface area contributed by atoms with Crippen molar-refractivity contribution in [1.82, 2.24) is 4.31 Å². The smallest absolute Gasteiger partial charge is 0.270 e. The fourth-order valence-corrected chi connectivity index (χ4v) is 6.47.